The summed E-state index contributed by atoms with van der Waals surface area (Å²) in [6.45, 7) is 9.47. The average molecular weight is 293 g/mol. The van der Waals surface area contributed by atoms with Gasteiger partial charge in [0.25, 0.3) is 0 Å². The zero-order valence-corrected chi connectivity index (χ0v) is 13.9. The lowest BCUT2D eigenvalue weighted by atomic mass is 9.82. The van der Waals surface area contributed by atoms with E-state index in [1.54, 1.807) is 0 Å². The highest BCUT2D eigenvalue weighted by Crippen LogP contribution is 2.31. The Morgan fingerprint density at radius 1 is 1.33 bits per heavy atom. The average Bonchev–Trinajstić information content (AvgIpc) is 2.97. The minimum atomic E-state index is 0.200. The molecule has 1 saturated heterocycles. The fraction of sp³-hybridized carbons (Fsp3) is 0.875. The fourth-order valence-corrected chi connectivity index (χ4v) is 3.36. The van der Waals surface area contributed by atoms with E-state index in [9.17, 15) is 0 Å². The Hall–Kier alpha value is -1.10. The predicted octanol–water partition coefficient (Wildman–Crippen LogP) is 3.05. The Morgan fingerprint density at radius 3 is 2.67 bits per heavy atom. The second kappa shape index (κ2) is 7.25. The van der Waals surface area contributed by atoms with E-state index >= 15 is 0 Å². The van der Waals surface area contributed by atoms with Crippen molar-refractivity contribution >= 4 is 5.95 Å². The first-order valence-corrected chi connectivity index (χ1v) is 8.49. The molecular weight excluding hydrogens is 262 g/mol. The maximum Gasteiger partial charge on any atom is 0.244 e. The van der Waals surface area contributed by atoms with E-state index in [0.29, 0.717) is 5.92 Å². The third-order valence-corrected chi connectivity index (χ3v) is 4.71. The normalized spacial score (nSPS) is 23.0. The van der Waals surface area contributed by atoms with Crippen LogP contribution < -0.4 is 10.6 Å². The zero-order valence-electron chi connectivity index (χ0n) is 13.9. The Bertz CT molecular complexity index is 424. The lowest BCUT2D eigenvalue weighted by Crippen LogP contribution is -2.46. The van der Waals surface area contributed by atoms with Crippen LogP contribution in [0.2, 0.25) is 0 Å². The lowest BCUT2D eigenvalue weighted by Gasteiger charge is -2.39. The molecule has 1 aliphatic rings. The van der Waals surface area contributed by atoms with Gasteiger partial charge in [0, 0.05) is 19.0 Å². The van der Waals surface area contributed by atoms with Crippen molar-refractivity contribution in [3.63, 3.8) is 0 Å². The van der Waals surface area contributed by atoms with Crippen molar-refractivity contribution in [2.45, 2.75) is 65.2 Å². The van der Waals surface area contributed by atoms with Gasteiger partial charge < -0.3 is 10.6 Å². The molecule has 21 heavy (non-hydrogen) atoms. The molecule has 1 atom stereocenters. The Labute approximate surface area is 128 Å². The molecule has 2 rings (SSSR count). The number of nitrogens with two attached hydrogens (primary N) is 1. The van der Waals surface area contributed by atoms with Crippen molar-refractivity contribution in [1.82, 2.24) is 15.2 Å². The van der Waals surface area contributed by atoms with Gasteiger partial charge in [0.05, 0.1) is 0 Å². The van der Waals surface area contributed by atoms with Crippen LogP contribution >= 0.6 is 0 Å². The second-order valence-electron chi connectivity index (χ2n) is 6.83. The molecular formula is C16H31N5. The summed E-state index contributed by atoms with van der Waals surface area (Å²) in [4.78, 5) is 7.09. The fourth-order valence-electron chi connectivity index (χ4n) is 3.36. The molecule has 0 bridgehead atoms. The number of H-pyrrole nitrogens is 1. The Kier molecular flexibility index (Phi) is 5.62. The molecule has 2 heterocycles. The van der Waals surface area contributed by atoms with E-state index in [4.69, 9.17) is 10.7 Å². The molecule has 1 fully saturated rings. The largest absolute Gasteiger partial charge is 0.339 e. The van der Waals surface area contributed by atoms with Gasteiger partial charge >= 0.3 is 0 Å². The molecule has 1 aromatic rings. The Balaban J connectivity index is 2.08. The summed E-state index contributed by atoms with van der Waals surface area (Å²) in [5.41, 5.74) is 6.13. The van der Waals surface area contributed by atoms with Crippen LogP contribution in [0.5, 0.6) is 0 Å². The van der Waals surface area contributed by atoms with Gasteiger partial charge in [-0.05, 0) is 37.6 Å². The summed E-state index contributed by atoms with van der Waals surface area (Å²) in [5.74, 6) is 2.45. The van der Waals surface area contributed by atoms with Crippen LogP contribution in [0.3, 0.4) is 0 Å². The predicted molar refractivity (Wildman–Crippen MR) is 87.5 cm³/mol. The summed E-state index contributed by atoms with van der Waals surface area (Å²) >= 11 is 0. The van der Waals surface area contributed by atoms with Gasteiger partial charge in [0.2, 0.25) is 5.95 Å². The molecule has 3 N–H and O–H groups in total. The number of rotatable bonds is 7. The Morgan fingerprint density at radius 2 is 2.05 bits per heavy atom. The minimum Gasteiger partial charge on any atom is -0.339 e. The monoisotopic (exact) mass is 293 g/mol. The highest BCUT2D eigenvalue weighted by molar-refractivity contribution is 5.31. The smallest absolute Gasteiger partial charge is 0.244 e. The van der Waals surface area contributed by atoms with Crippen molar-refractivity contribution in [3.05, 3.63) is 5.82 Å². The molecule has 0 aliphatic carbocycles. The van der Waals surface area contributed by atoms with Crippen LogP contribution in [0.25, 0.3) is 0 Å². The van der Waals surface area contributed by atoms with Crippen LogP contribution in [0.4, 0.5) is 5.95 Å². The standard InChI is InChI=1S/C16H31N5/c1-4-7-13(8-5-2)14-18-15(20-19-14)21-10-6-9-16(3,11-17)12-21/h13H,4-12,17H2,1-3H3,(H,18,19,20). The molecule has 0 saturated carbocycles. The lowest BCUT2D eigenvalue weighted by molar-refractivity contribution is 0.270. The quantitative estimate of drug-likeness (QED) is 0.810. The van der Waals surface area contributed by atoms with E-state index in [1.165, 1.54) is 38.5 Å². The number of aromatic amines is 1. The minimum absolute atomic E-state index is 0.200. The number of hydrogen-bond acceptors (Lipinski definition) is 4. The van der Waals surface area contributed by atoms with E-state index in [0.717, 1.165) is 31.4 Å². The van der Waals surface area contributed by atoms with Crippen molar-refractivity contribution in [1.29, 1.82) is 0 Å². The number of anilines is 1. The molecule has 0 spiro atoms. The first-order valence-electron chi connectivity index (χ1n) is 8.49. The summed E-state index contributed by atoms with van der Waals surface area (Å²) in [7, 11) is 0. The third-order valence-electron chi connectivity index (χ3n) is 4.71. The molecule has 1 unspecified atom stereocenters. The van der Waals surface area contributed by atoms with E-state index in [-0.39, 0.29) is 5.41 Å². The van der Waals surface area contributed by atoms with Crippen molar-refractivity contribution < 1.29 is 0 Å². The summed E-state index contributed by atoms with van der Waals surface area (Å²) in [6, 6.07) is 0. The van der Waals surface area contributed by atoms with Crippen LogP contribution in [0, 0.1) is 5.41 Å². The van der Waals surface area contributed by atoms with Gasteiger partial charge in [-0.15, -0.1) is 5.10 Å². The molecule has 0 aromatic carbocycles. The highest BCUT2D eigenvalue weighted by atomic mass is 15.4. The van der Waals surface area contributed by atoms with Crippen LogP contribution in [0.15, 0.2) is 0 Å². The summed E-state index contributed by atoms with van der Waals surface area (Å²) in [6.07, 6.45) is 7.12. The molecule has 5 heteroatoms. The van der Waals surface area contributed by atoms with E-state index < -0.39 is 0 Å². The van der Waals surface area contributed by atoms with Gasteiger partial charge in [-0.25, -0.2) is 0 Å². The SMILES string of the molecule is CCCC(CCC)c1nc(N2CCCC(C)(CN)C2)n[nH]1. The maximum absolute atomic E-state index is 5.94. The van der Waals surface area contributed by atoms with Crippen LogP contribution in [0.1, 0.15) is 71.0 Å². The molecule has 120 valence electrons. The van der Waals surface area contributed by atoms with Crippen molar-refractivity contribution in [3.8, 4) is 0 Å². The number of aromatic nitrogens is 3. The molecule has 1 aromatic heterocycles. The van der Waals surface area contributed by atoms with E-state index in [1.807, 2.05) is 0 Å². The summed E-state index contributed by atoms with van der Waals surface area (Å²) in [5, 5.41) is 7.66. The molecule has 1 aliphatic heterocycles. The van der Waals surface area contributed by atoms with Gasteiger partial charge in [-0.1, -0.05) is 33.6 Å². The zero-order chi connectivity index (χ0) is 15.3. The van der Waals surface area contributed by atoms with Gasteiger partial charge in [0.15, 0.2) is 0 Å². The van der Waals surface area contributed by atoms with E-state index in [2.05, 4.69) is 35.9 Å². The first-order chi connectivity index (χ1) is 10.1. The van der Waals surface area contributed by atoms with Gasteiger partial charge in [0.1, 0.15) is 5.82 Å². The van der Waals surface area contributed by atoms with Crippen LogP contribution in [-0.2, 0) is 0 Å². The number of piperidine rings is 1. The number of nitrogens with one attached hydrogen (secondary N) is 1. The molecule has 0 amide bonds. The molecule has 5 nitrogen and oxygen atoms in total. The number of hydrogen-bond donors (Lipinski definition) is 2. The van der Waals surface area contributed by atoms with Crippen LogP contribution in [-0.4, -0.2) is 34.8 Å². The maximum atomic E-state index is 5.94. The summed E-state index contributed by atoms with van der Waals surface area (Å²) < 4.78 is 0. The first kappa shape index (κ1) is 16.3. The van der Waals surface area contributed by atoms with Gasteiger partial charge in [-0.3, -0.25) is 5.10 Å². The second-order valence-corrected chi connectivity index (χ2v) is 6.83. The molecule has 0 radical (unpaired) electrons. The topological polar surface area (TPSA) is 70.8 Å². The van der Waals surface area contributed by atoms with Crippen molar-refractivity contribution in [2.24, 2.45) is 11.1 Å². The number of nitrogens with zero attached hydrogens (tertiary/aromatic N) is 3. The van der Waals surface area contributed by atoms with Crippen molar-refractivity contribution in [2.75, 3.05) is 24.5 Å². The third kappa shape index (κ3) is 3.96. The highest BCUT2D eigenvalue weighted by Gasteiger charge is 2.31. The van der Waals surface area contributed by atoms with Gasteiger partial charge in [-0.2, -0.15) is 4.98 Å².